The summed E-state index contributed by atoms with van der Waals surface area (Å²) in [5.41, 5.74) is 5.88. The molecule has 0 aromatic heterocycles. The fourth-order valence-electron chi connectivity index (χ4n) is 6.99. The fraction of sp³-hybridized carbons (Fsp3) is 0.652. The van der Waals surface area contributed by atoms with Gasteiger partial charge in [-0.3, -0.25) is 13.9 Å². The Morgan fingerprint density at radius 3 is 2.55 bits per heavy atom. The van der Waals surface area contributed by atoms with Crippen LogP contribution in [0.2, 0.25) is 0 Å². The molecule has 2 amide bonds. The average molecular weight is 479 g/mol. The van der Waals surface area contributed by atoms with Gasteiger partial charge in [0.2, 0.25) is 11.8 Å². The lowest BCUT2D eigenvalue weighted by Gasteiger charge is -2.58. The summed E-state index contributed by atoms with van der Waals surface area (Å²) in [7, 11) is -3.96. The van der Waals surface area contributed by atoms with Gasteiger partial charge in [0.05, 0.1) is 12.2 Å². The van der Waals surface area contributed by atoms with Gasteiger partial charge in [0.15, 0.2) is 0 Å². The minimum atomic E-state index is -3.96. The summed E-state index contributed by atoms with van der Waals surface area (Å²) in [5.74, 6) is -0.128. The van der Waals surface area contributed by atoms with Crippen LogP contribution in [-0.2, 0) is 19.8 Å². The van der Waals surface area contributed by atoms with Gasteiger partial charge in [0, 0.05) is 30.1 Å². The number of nitrogens with two attached hydrogens (primary N) is 1. The molecule has 1 aromatic rings. The monoisotopic (exact) mass is 478 g/mol. The molecule has 4 saturated carbocycles. The number of primary amides is 1. The normalized spacial score (nSPS) is 34.9. The Balaban J connectivity index is 1.29. The molecule has 5 fully saturated rings. The quantitative estimate of drug-likeness (QED) is 0.671. The summed E-state index contributed by atoms with van der Waals surface area (Å²) < 4.78 is 42.9. The van der Waals surface area contributed by atoms with Crippen LogP contribution in [0.15, 0.2) is 18.2 Å². The van der Waals surface area contributed by atoms with E-state index in [-0.39, 0.29) is 54.9 Å². The molecule has 1 aromatic carbocycles. The molecule has 0 radical (unpaired) electrons. The zero-order valence-electron chi connectivity index (χ0n) is 18.8. The highest BCUT2D eigenvalue weighted by Gasteiger charge is 2.58. The van der Waals surface area contributed by atoms with Crippen molar-refractivity contribution in [2.24, 2.45) is 28.9 Å². The van der Waals surface area contributed by atoms with Gasteiger partial charge in [-0.1, -0.05) is 6.07 Å². The van der Waals surface area contributed by atoms with Crippen molar-refractivity contribution in [1.82, 2.24) is 9.62 Å². The lowest BCUT2D eigenvalue weighted by atomic mass is 9.47. The Bertz CT molecular complexity index is 1080. The zero-order chi connectivity index (χ0) is 23.5. The van der Waals surface area contributed by atoms with Crippen molar-refractivity contribution in [2.75, 3.05) is 23.9 Å². The largest absolute Gasteiger partial charge is 0.369 e. The van der Waals surface area contributed by atoms with Crippen LogP contribution < -0.4 is 15.4 Å². The Kier molecular flexibility index (Phi) is 5.43. The number of hydrogen-bond donors (Lipinski definition) is 2. The maximum absolute atomic E-state index is 14.0. The number of benzene rings is 1. The van der Waals surface area contributed by atoms with Crippen molar-refractivity contribution in [1.29, 1.82) is 0 Å². The van der Waals surface area contributed by atoms with Crippen LogP contribution in [0.4, 0.5) is 10.1 Å². The molecule has 180 valence electrons. The summed E-state index contributed by atoms with van der Waals surface area (Å²) in [5, 5.41) is 3.10. The third-order valence-corrected chi connectivity index (χ3v) is 10.2. The van der Waals surface area contributed by atoms with E-state index >= 15 is 0 Å². The molecule has 0 spiro atoms. The second kappa shape index (κ2) is 7.94. The second-order valence-electron chi connectivity index (χ2n) is 10.4. The molecule has 6 rings (SSSR count). The molecule has 4 bridgehead atoms. The van der Waals surface area contributed by atoms with Crippen LogP contribution in [-0.4, -0.2) is 50.2 Å². The van der Waals surface area contributed by atoms with Crippen molar-refractivity contribution in [3.05, 3.63) is 29.6 Å². The van der Waals surface area contributed by atoms with Crippen molar-refractivity contribution in [3.63, 3.8) is 0 Å². The van der Waals surface area contributed by atoms with E-state index in [4.69, 9.17) is 5.73 Å². The smallest absolute Gasteiger partial charge is 0.304 e. The van der Waals surface area contributed by atoms with Gasteiger partial charge < -0.3 is 11.1 Å². The summed E-state index contributed by atoms with van der Waals surface area (Å²) >= 11 is 0. The lowest BCUT2D eigenvalue weighted by molar-refractivity contribution is -0.147. The van der Waals surface area contributed by atoms with E-state index < -0.39 is 21.4 Å². The first kappa shape index (κ1) is 22.6. The predicted molar refractivity (Wildman–Crippen MR) is 121 cm³/mol. The highest BCUT2D eigenvalue weighted by molar-refractivity contribution is 7.90. The Morgan fingerprint density at radius 2 is 1.88 bits per heavy atom. The molecule has 2 atom stereocenters. The first-order valence-electron chi connectivity index (χ1n) is 11.7. The van der Waals surface area contributed by atoms with E-state index in [0.29, 0.717) is 30.9 Å². The highest BCUT2D eigenvalue weighted by atomic mass is 32.2. The van der Waals surface area contributed by atoms with Gasteiger partial charge >= 0.3 is 10.2 Å². The highest BCUT2D eigenvalue weighted by Crippen LogP contribution is 2.59. The van der Waals surface area contributed by atoms with Gasteiger partial charge in [-0.15, -0.1) is 0 Å². The number of nitrogens with zero attached hydrogens (tertiary/aromatic N) is 2. The van der Waals surface area contributed by atoms with Crippen LogP contribution in [0.5, 0.6) is 0 Å². The molecule has 10 heteroatoms. The number of amides is 2. The number of hydrogen-bond acceptors (Lipinski definition) is 4. The van der Waals surface area contributed by atoms with E-state index in [0.717, 1.165) is 19.3 Å². The van der Waals surface area contributed by atoms with Crippen molar-refractivity contribution < 1.29 is 22.4 Å². The van der Waals surface area contributed by atoms with Crippen molar-refractivity contribution in [2.45, 2.75) is 51.5 Å². The third-order valence-electron chi connectivity index (χ3n) is 8.32. The summed E-state index contributed by atoms with van der Waals surface area (Å²) in [6, 6.07) is 4.33. The Hall–Kier alpha value is -2.20. The zero-order valence-corrected chi connectivity index (χ0v) is 19.6. The van der Waals surface area contributed by atoms with Crippen molar-refractivity contribution in [3.8, 4) is 0 Å². The van der Waals surface area contributed by atoms with E-state index in [2.05, 4.69) is 5.32 Å². The molecular formula is C23H31FN4O4S. The van der Waals surface area contributed by atoms with Gasteiger partial charge in [-0.05, 0) is 75.3 Å². The predicted octanol–water partition coefficient (Wildman–Crippen LogP) is 1.69. The molecule has 1 heterocycles. The summed E-state index contributed by atoms with van der Waals surface area (Å²) in [4.78, 5) is 25.1. The number of anilines is 1. The van der Waals surface area contributed by atoms with E-state index in [1.165, 1.54) is 20.7 Å². The Morgan fingerprint density at radius 1 is 1.18 bits per heavy atom. The van der Waals surface area contributed by atoms with Crippen LogP contribution in [0.1, 0.15) is 44.1 Å². The second-order valence-corrected chi connectivity index (χ2v) is 12.2. The molecule has 3 N–H and O–H groups in total. The standard InChI is InChI=1S/C23H31FN4O4S/c1-14-18(24)4-2-5-19(14)28-7-3-6-27(33(28,31)32)13-20(29)26-21-16-8-15-9-17(21)12-23(10-15,11-16)22(25)30/h2,4-5,15-17,21H,3,6-13H2,1H3,(H2,25,30)(H,26,29). The molecule has 33 heavy (non-hydrogen) atoms. The third kappa shape index (κ3) is 3.71. The maximum Gasteiger partial charge on any atom is 0.304 e. The molecule has 5 aliphatic rings. The van der Waals surface area contributed by atoms with E-state index in [9.17, 15) is 22.4 Å². The van der Waals surface area contributed by atoms with Gasteiger partial charge in [0.1, 0.15) is 5.82 Å². The van der Waals surface area contributed by atoms with Crippen LogP contribution in [0.25, 0.3) is 0 Å². The molecular weight excluding hydrogens is 447 g/mol. The van der Waals surface area contributed by atoms with Crippen LogP contribution in [0, 0.1) is 35.9 Å². The summed E-state index contributed by atoms with van der Waals surface area (Å²) in [6.07, 6.45) is 4.76. The molecule has 2 unspecified atom stereocenters. The fourth-order valence-corrected chi connectivity index (χ4v) is 8.71. The van der Waals surface area contributed by atoms with Crippen molar-refractivity contribution >= 4 is 27.7 Å². The van der Waals surface area contributed by atoms with Crippen LogP contribution >= 0.6 is 0 Å². The molecule has 1 saturated heterocycles. The molecule has 4 aliphatic carbocycles. The lowest BCUT2D eigenvalue weighted by Crippen LogP contribution is -2.63. The SMILES string of the molecule is Cc1c(F)cccc1N1CCCN(CC(=O)NC2C3CC4CC2CC(C(N)=O)(C4)C3)S1(=O)=O. The number of rotatable bonds is 5. The number of carbonyl (C=O) groups excluding carboxylic acids is 2. The topological polar surface area (TPSA) is 113 Å². The number of carbonyl (C=O) groups is 2. The number of nitrogens with one attached hydrogen (secondary N) is 1. The number of halogens is 1. The Labute approximate surface area is 193 Å². The van der Waals surface area contributed by atoms with Gasteiger partial charge in [0.25, 0.3) is 0 Å². The van der Waals surface area contributed by atoms with E-state index in [1.54, 1.807) is 13.0 Å². The molecule has 1 aliphatic heterocycles. The van der Waals surface area contributed by atoms with E-state index in [1.807, 2.05) is 0 Å². The van der Waals surface area contributed by atoms with Gasteiger partial charge in [-0.2, -0.15) is 12.7 Å². The minimum Gasteiger partial charge on any atom is -0.369 e. The maximum atomic E-state index is 14.0. The average Bonchev–Trinajstić information content (AvgIpc) is 2.74. The van der Waals surface area contributed by atoms with Gasteiger partial charge in [-0.25, -0.2) is 4.39 Å². The first-order chi connectivity index (χ1) is 15.6. The summed E-state index contributed by atoms with van der Waals surface area (Å²) in [6.45, 7) is 1.77. The van der Waals surface area contributed by atoms with Crippen LogP contribution in [0.3, 0.4) is 0 Å². The minimum absolute atomic E-state index is 0.0458. The first-order valence-corrected chi connectivity index (χ1v) is 13.1. The molecule has 8 nitrogen and oxygen atoms in total.